The third-order valence-corrected chi connectivity index (χ3v) is 3.27. The minimum absolute atomic E-state index is 0.0237. The number of hydrogen-bond donors (Lipinski definition) is 1. The van der Waals surface area contributed by atoms with Crippen molar-refractivity contribution in [3.05, 3.63) is 29.3 Å². The van der Waals surface area contributed by atoms with E-state index in [0.717, 1.165) is 12.8 Å². The van der Waals surface area contributed by atoms with E-state index in [-0.39, 0.29) is 11.3 Å². The molecule has 2 rings (SSSR count). The Balaban J connectivity index is 2.54. The van der Waals surface area contributed by atoms with Gasteiger partial charge in [-0.25, -0.2) is 8.78 Å². The van der Waals surface area contributed by atoms with Crippen molar-refractivity contribution in [3.8, 4) is 5.75 Å². The van der Waals surface area contributed by atoms with Crippen LogP contribution >= 0.6 is 0 Å². The van der Waals surface area contributed by atoms with E-state index in [0.29, 0.717) is 12.8 Å². The number of hydrogen-bond acceptors (Lipinski definition) is 2. The molecular weight excluding hydrogens is 212 g/mol. The van der Waals surface area contributed by atoms with Gasteiger partial charge < -0.3 is 10.5 Å². The molecule has 2 N–H and O–H groups in total. The van der Waals surface area contributed by atoms with Gasteiger partial charge in [0.15, 0.2) is 11.6 Å². The van der Waals surface area contributed by atoms with Crippen molar-refractivity contribution in [2.24, 2.45) is 5.73 Å². The smallest absolute Gasteiger partial charge is 0.173 e. The van der Waals surface area contributed by atoms with Crippen LogP contribution < -0.4 is 10.5 Å². The lowest BCUT2D eigenvalue weighted by Gasteiger charge is -2.25. The van der Waals surface area contributed by atoms with E-state index in [1.54, 1.807) is 0 Å². The minimum atomic E-state index is -0.872. The average Bonchev–Trinajstić information content (AvgIpc) is 2.66. The molecule has 0 saturated heterocycles. The van der Waals surface area contributed by atoms with Crippen molar-refractivity contribution in [1.29, 1.82) is 0 Å². The standard InChI is InChI=1S/C12H15F2NO/c1-16-9-5-4-8(13)10(11(9)14)12(15)6-2-3-7-12/h4-5H,2-3,6-7,15H2,1H3. The average molecular weight is 227 g/mol. The van der Waals surface area contributed by atoms with Crippen LogP contribution in [-0.2, 0) is 5.54 Å². The van der Waals surface area contributed by atoms with E-state index in [4.69, 9.17) is 10.5 Å². The summed E-state index contributed by atoms with van der Waals surface area (Å²) in [7, 11) is 1.36. The van der Waals surface area contributed by atoms with Crippen LogP contribution in [-0.4, -0.2) is 7.11 Å². The lowest BCUT2D eigenvalue weighted by molar-refractivity contribution is 0.357. The molecule has 16 heavy (non-hydrogen) atoms. The van der Waals surface area contributed by atoms with Crippen molar-refractivity contribution < 1.29 is 13.5 Å². The van der Waals surface area contributed by atoms with Gasteiger partial charge in [-0.1, -0.05) is 12.8 Å². The maximum Gasteiger partial charge on any atom is 0.173 e. The molecule has 1 fully saturated rings. The van der Waals surface area contributed by atoms with Crippen molar-refractivity contribution in [2.45, 2.75) is 31.2 Å². The Bertz CT molecular complexity index is 400. The van der Waals surface area contributed by atoms with Crippen LogP contribution in [0, 0.1) is 11.6 Å². The zero-order valence-electron chi connectivity index (χ0n) is 9.22. The lowest BCUT2D eigenvalue weighted by atomic mass is 9.88. The summed E-state index contributed by atoms with van der Waals surface area (Å²) in [5.74, 6) is -1.19. The van der Waals surface area contributed by atoms with Crippen molar-refractivity contribution in [3.63, 3.8) is 0 Å². The Hall–Kier alpha value is -1.16. The van der Waals surface area contributed by atoms with E-state index >= 15 is 0 Å². The van der Waals surface area contributed by atoms with Gasteiger partial charge in [-0.3, -0.25) is 0 Å². The summed E-state index contributed by atoms with van der Waals surface area (Å²) in [4.78, 5) is 0. The number of benzene rings is 1. The van der Waals surface area contributed by atoms with Gasteiger partial charge in [-0.05, 0) is 25.0 Å². The van der Waals surface area contributed by atoms with Gasteiger partial charge in [-0.15, -0.1) is 0 Å². The van der Waals surface area contributed by atoms with Crippen LogP contribution in [0.25, 0.3) is 0 Å². The molecule has 0 amide bonds. The van der Waals surface area contributed by atoms with Crippen LogP contribution in [0.3, 0.4) is 0 Å². The summed E-state index contributed by atoms with van der Waals surface area (Å²) in [5, 5.41) is 0. The molecule has 1 aliphatic rings. The Morgan fingerprint density at radius 1 is 1.25 bits per heavy atom. The maximum absolute atomic E-state index is 14.0. The summed E-state index contributed by atoms with van der Waals surface area (Å²) < 4.78 is 32.5. The van der Waals surface area contributed by atoms with Gasteiger partial charge in [0, 0.05) is 11.1 Å². The van der Waals surface area contributed by atoms with Gasteiger partial charge in [0.25, 0.3) is 0 Å². The van der Waals surface area contributed by atoms with Crippen LogP contribution in [0.5, 0.6) is 5.75 Å². The second-order valence-electron chi connectivity index (χ2n) is 4.30. The second-order valence-corrected chi connectivity index (χ2v) is 4.30. The normalized spacial score (nSPS) is 18.8. The van der Waals surface area contributed by atoms with Crippen molar-refractivity contribution in [1.82, 2.24) is 0 Å². The topological polar surface area (TPSA) is 35.2 Å². The number of nitrogens with two attached hydrogens (primary N) is 1. The Morgan fingerprint density at radius 2 is 1.88 bits per heavy atom. The predicted octanol–water partition coefficient (Wildman–Crippen LogP) is 2.70. The van der Waals surface area contributed by atoms with E-state index in [9.17, 15) is 8.78 Å². The molecule has 4 heteroatoms. The van der Waals surface area contributed by atoms with Crippen molar-refractivity contribution in [2.75, 3.05) is 7.11 Å². The highest BCUT2D eigenvalue weighted by Crippen LogP contribution is 2.40. The fourth-order valence-electron chi connectivity index (χ4n) is 2.40. The summed E-state index contributed by atoms with van der Waals surface area (Å²) in [6.45, 7) is 0. The van der Waals surface area contributed by atoms with Crippen molar-refractivity contribution >= 4 is 0 Å². The first-order chi connectivity index (χ1) is 7.58. The first kappa shape index (κ1) is 11.3. The first-order valence-corrected chi connectivity index (χ1v) is 5.40. The third kappa shape index (κ3) is 1.67. The van der Waals surface area contributed by atoms with Gasteiger partial charge in [0.05, 0.1) is 7.11 Å². The first-order valence-electron chi connectivity index (χ1n) is 5.40. The number of halogens is 2. The molecule has 0 heterocycles. The molecule has 0 spiro atoms. The summed E-state index contributed by atoms with van der Waals surface area (Å²) in [6, 6.07) is 2.50. The molecule has 1 aliphatic carbocycles. The zero-order valence-corrected chi connectivity index (χ0v) is 9.22. The van der Waals surface area contributed by atoms with Gasteiger partial charge in [0.2, 0.25) is 0 Å². The van der Waals surface area contributed by atoms with Crippen LogP contribution in [0.2, 0.25) is 0 Å². The zero-order chi connectivity index (χ0) is 11.8. The van der Waals surface area contributed by atoms with Crippen LogP contribution in [0.15, 0.2) is 12.1 Å². The van der Waals surface area contributed by atoms with Gasteiger partial charge in [0.1, 0.15) is 5.82 Å². The summed E-state index contributed by atoms with van der Waals surface area (Å²) in [6.07, 6.45) is 3.06. The molecule has 0 atom stereocenters. The minimum Gasteiger partial charge on any atom is -0.494 e. The maximum atomic E-state index is 14.0. The predicted molar refractivity (Wildman–Crippen MR) is 57.2 cm³/mol. The van der Waals surface area contributed by atoms with Crippen LogP contribution in [0.4, 0.5) is 8.78 Å². The number of ether oxygens (including phenoxy) is 1. The molecule has 2 nitrogen and oxygen atoms in total. The lowest BCUT2D eigenvalue weighted by Crippen LogP contribution is -2.35. The Morgan fingerprint density at radius 3 is 2.44 bits per heavy atom. The van der Waals surface area contributed by atoms with E-state index < -0.39 is 17.2 Å². The largest absolute Gasteiger partial charge is 0.494 e. The highest BCUT2D eigenvalue weighted by Gasteiger charge is 2.37. The fraction of sp³-hybridized carbons (Fsp3) is 0.500. The highest BCUT2D eigenvalue weighted by molar-refractivity contribution is 5.37. The molecule has 1 saturated carbocycles. The number of methoxy groups -OCH3 is 1. The summed E-state index contributed by atoms with van der Waals surface area (Å²) >= 11 is 0. The molecule has 1 aromatic rings. The highest BCUT2D eigenvalue weighted by atomic mass is 19.1. The molecule has 1 aromatic carbocycles. The molecule has 0 aromatic heterocycles. The van der Waals surface area contributed by atoms with Gasteiger partial charge >= 0.3 is 0 Å². The molecule has 0 unspecified atom stereocenters. The molecular formula is C12H15F2NO. The fourth-order valence-corrected chi connectivity index (χ4v) is 2.40. The quantitative estimate of drug-likeness (QED) is 0.843. The molecule has 0 radical (unpaired) electrons. The van der Waals surface area contributed by atoms with Gasteiger partial charge in [-0.2, -0.15) is 0 Å². The Kier molecular flexibility index (Phi) is 2.84. The SMILES string of the molecule is COc1ccc(F)c(C2(N)CCCC2)c1F. The van der Waals surface area contributed by atoms with E-state index in [1.165, 1.54) is 19.2 Å². The van der Waals surface area contributed by atoms with Crippen LogP contribution in [0.1, 0.15) is 31.2 Å². The Labute approximate surface area is 93.4 Å². The molecule has 0 bridgehead atoms. The monoisotopic (exact) mass is 227 g/mol. The summed E-state index contributed by atoms with van der Waals surface area (Å²) in [5.41, 5.74) is 5.17. The molecule has 88 valence electrons. The molecule has 0 aliphatic heterocycles. The number of rotatable bonds is 2. The third-order valence-electron chi connectivity index (χ3n) is 3.27. The van der Waals surface area contributed by atoms with E-state index in [1.807, 2.05) is 0 Å². The second kappa shape index (κ2) is 4.01. The van der Waals surface area contributed by atoms with E-state index in [2.05, 4.69) is 0 Å².